The van der Waals surface area contributed by atoms with Crippen LogP contribution in [0.15, 0.2) is 11.6 Å². The molecule has 3 aliphatic rings. The van der Waals surface area contributed by atoms with Gasteiger partial charge in [0, 0.05) is 17.8 Å². The maximum absolute atomic E-state index is 10.9. The lowest BCUT2D eigenvalue weighted by Crippen LogP contribution is -2.41. The van der Waals surface area contributed by atoms with Crippen LogP contribution in [0.4, 0.5) is 0 Å². The van der Waals surface area contributed by atoms with Crippen molar-refractivity contribution < 1.29 is 13.0 Å². The van der Waals surface area contributed by atoms with Crippen LogP contribution < -0.4 is 0 Å². The second kappa shape index (κ2) is 7.36. The van der Waals surface area contributed by atoms with Crippen molar-refractivity contribution in [2.24, 2.45) is 11.8 Å². The number of fused-ring (bicyclic) bond motifs is 1. The lowest BCUT2D eigenvalue weighted by molar-refractivity contribution is 0.134. The first-order valence-corrected chi connectivity index (χ1v) is 11.5. The third-order valence-electron chi connectivity index (χ3n) is 5.92. The first-order chi connectivity index (χ1) is 10.9. The third-order valence-corrected chi connectivity index (χ3v) is 8.09. The highest BCUT2D eigenvalue weighted by molar-refractivity contribution is 8.03. The van der Waals surface area contributed by atoms with E-state index in [1.807, 2.05) is 11.8 Å². The van der Waals surface area contributed by atoms with Gasteiger partial charge >= 0.3 is 0 Å². The molecule has 1 N–H and O–H groups in total. The Labute approximate surface area is 144 Å². The average molecular weight is 360 g/mol. The fourth-order valence-electron chi connectivity index (χ4n) is 4.78. The molecule has 3 rings (SSSR count). The topological polar surface area (TPSA) is 57.6 Å². The van der Waals surface area contributed by atoms with Crippen LogP contribution in [0.2, 0.25) is 0 Å². The lowest BCUT2D eigenvalue weighted by Gasteiger charge is -2.40. The maximum Gasteiger partial charge on any atom is 0.264 e. The minimum absolute atomic E-state index is 0.148. The van der Waals surface area contributed by atoms with Crippen molar-refractivity contribution in [3.63, 3.8) is 0 Å². The molecule has 0 radical (unpaired) electrons. The van der Waals surface area contributed by atoms with Crippen molar-refractivity contribution in [1.82, 2.24) is 4.90 Å². The molecule has 2 saturated carbocycles. The van der Waals surface area contributed by atoms with E-state index < -0.39 is 10.1 Å². The molecule has 6 heteroatoms. The Morgan fingerprint density at radius 1 is 1.13 bits per heavy atom. The number of rotatable bonds is 5. The maximum atomic E-state index is 10.9. The molecule has 4 nitrogen and oxygen atoms in total. The van der Waals surface area contributed by atoms with E-state index in [1.54, 1.807) is 0 Å². The Hall–Kier alpha value is -0.200. The summed E-state index contributed by atoms with van der Waals surface area (Å²) in [6.45, 7) is 4.89. The van der Waals surface area contributed by atoms with E-state index >= 15 is 0 Å². The Morgan fingerprint density at radius 2 is 1.87 bits per heavy atom. The van der Waals surface area contributed by atoms with Crippen molar-refractivity contribution >= 4 is 21.9 Å². The molecule has 1 saturated heterocycles. The fourth-order valence-corrected chi connectivity index (χ4v) is 6.66. The van der Waals surface area contributed by atoms with Gasteiger partial charge in [-0.25, -0.2) is 0 Å². The summed E-state index contributed by atoms with van der Waals surface area (Å²) in [7, 11) is -3.85. The molecule has 1 aliphatic heterocycles. The van der Waals surface area contributed by atoms with Crippen LogP contribution >= 0.6 is 11.8 Å². The zero-order valence-electron chi connectivity index (χ0n) is 13.8. The SMILES string of the molecule is C=C1SC2CCC(C3CCCCC3)CC2N1CCCS(=O)(=O)O. The molecule has 1 heterocycles. The van der Waals surface area contributed by atoms with Crippen LogP contribution in [0.1, 0.15) is 57.8 Å². The molecular formula is C17H29NO3S2. The number of thioether (sulfide) groups is 1. The summed E-state index contributed by atoms with van der Waals surface area (Å²) in [4.78, 5) is 2.33. The Balaban J connectivity index is 1.58. The third kappa shape index (κ3) is 4.45. The zero-order valence-corrected chi connectivity index (χ0v) is 15.5. The van der Waals surface area contributed by atoms with Gasteiger partial charge in [0.05, 0.1) is 10.8 Å². The van der Waals surface area contributed by atoms with Gasteiger partial charge in [-0.3, -0.25) is 4.55 Å². The number of nitrogens with zero attached hydrogens (tertiary/aromatic N) is 1. The van der Waals surface area contributed by atoms with Gasteiger partial charge in [0.15, 0.2) is 0 Å². The molecule has 0 aromatic rings. The van der Waals surface area contributed by atoms with Crippen LogP contribution in [0.5, 0.6) is 0 Å². The van der Waals surface area contributed by atoms with Gasteiger partial charge < -0.3 is 4.90 Å². The molecule has 0 aromatic heterocycles. The van der Waals surface area contributed by atoms with Gasteiger partial charge in [0.2, 0.25) is 0 Å². The second-order valence-corrected chi connectivity index (χ2v) is 10.3. The molecule has 3 atom stereocenters. The molecule has 0 amide bonds. The fraction of sp³-hybridized carbons (Fsp3) is 0.882. The summed E-state index contributed by atoms with van der Waals surface area (Å²) in [5.41, 5.74) is 0. The summed E-state index contributed by atoms with van der Waals surface area (Å²) in [6.07, 6.45) is 11.4. The van der Waals surface area contributed by atoms with Gasteiger partial charge in [0.1, 0.15) is 0 Å². The predicted molar refractivity (Wildman–Crippen MR) is 96.0 cm³/mol. The van der Waals surface area contributed by atoms with Crippen molar-refractivity contribution in [3.8, 4) is 0 Å². The van der Waals surface area contributed by atoms with Crippen molar-refractivity contribution in [2.45, 2.75) is 69.1 Å². The molecule has 3 unspecified atom stereocenters. The van der Waals surface area contributed by atoms with Gasteiger partial charge in [0.25, 0.3) is 10.1 Å². The first kappa shape index (κ1) is 17.6. The summed E-state index contributed by atoms with van der Waals surface area (Å²) < 4.78 is 30.8. The van der Waals surface area contributed by atoms with Crippen molar-refractivity contribution in [2.75, 3.05) is 12.3 Å². The monoisotopic (exact) mass is 359 g/mol. The molecule has 0 bridgehead atoms. The van der Waals surface area contributed by atoms with E-state index in [2.05, 4.69) is 11.5 Å². The quantitative estimate of drug-likeness (QED) is 0.754. The standard InChI is InChI=1S/C17H29NO3S2/c1-13-18(10-5-11-23(19,20)21)16-12-15(8-9-17(16)22-13)14-6-3-2-4-7-14/h14-17H,1-12H2,(H,19,20,21). The van der Waals surface area contributed by atoms with Crippen LogP contribution in [0.3, 0.4) is 0 Å². The van der Waals surface area contributed by atoms with Crippen LogP contribution in [-0.4, -0.2) is 41.5 Å². The van der Waals surface area contributed by atoms with E-state index in [-0.39, 0.29) is 5.75 Å². The normalized spacial score (nSPS) is 33.0. The molecule has 3 fully saturated rings. The molecular weight excluding hydrogens is 330 g/mol. The van der Waals surface area contributed by atoms with E-state index in [9.17, 15) is 8.42 Å². The largest absolute Gasteiger partial charge is 0.363 e. The van der Waals surface area contributed by atoms with Crippen LogP contribution in [0, 0.1) is 11.8 Å². The van der Waals surface area contributed by atoms with E-state index in [1.165, 1.54) is 51.4 Å². The first-order valence-electron chi connectivity index (χ1n) is 9.01. The molecule has 0 spiro atoms. The highest BCUT2D eigenvalue weighted by Crippen LogP contribution is 2.49. The van der Waals surface area contributed by atoms with Gasteiger partial charge in [-0.1, -0.05) is 38.7 Å². The number of hydrogen-bond acceptors (Lipinski definition) is 4. The average Bonchev–Trinajstić information content (AvgIpc) is 2.82. The van der Waals surface area contributed by atoms with E-state index in [0.717, 1.165) is 16.9 Å². The second-order valence-electron chi connectivity index (χ2n) is 7.42. The van der Waals surface area contributed by atoms with Crippen LogP contribution in [0.25, 0.3) is 0 Å². The Kier molecular flexibility index (Phi) is 5.64. The van der Waals surface area contributed by atoms with Gasteiger partial charge in [-0.2, -0.15) is 8.42 Å². The summed E-state index contributed by atoms with van der Waals surface area (Å²) >= 11 is 1.88. The van der Waals surface area contributed by atoms with Gasteiger partial charge in [-0.15, -0.1) is 11.8 Å². The summed E-state index contributed by atoms with van der Waals surface area (Å²) in [5.74, 6) is 1.60. The van der Waals surface area contributed by atoms with E-state index in [4.69, 9.17) is 4.55 Å². The number of hydrogen-bond donors (Lipinski definition) is 1. The predicted octanol–water partition coefficient (Wildman–Crippen LogP) is 3.90. The highest BCUT2D eigenvalue weighted by Gasteiger charge is 2.42. The molecule has 132 valence electrons. The lowest BCUT2D eigenvalue weighted by atomic mass is 9.72. The molecule has 23 heavy (non-hydrogen) atoms. The minimum atomic E-state index is -3.85. The van der Waals surface area contributed by atoms with Crippen molar-refractivity contribution in [1.29, 1.82) is 0 Å². The van der Waals surface area contributed by atoms with Gasteiger partial charge in [-0.05, 0) is 37.5 Å². The smallest absolute Gasteiger partial charge is 0.264 e. The van der Waals surface area contributed by atoms with Crippen molar-refractivity contribution in [3.05, 3.63) is 11.6 Å². The Bertz CT molecular complexity index is 528. The zero-order chi connectivity index (χ0) is 16.4. The summed E-state index contributed by atoms with van der Waals surface area (Å²) in [6, 6.07) is 0.523. The minimum Gasteiger partial charge on any atom is -0.363 e. The molecule has 0 aromatic carbocycles. The van der Waals surface area contributed by atoms with E-state index in [0.29, 0.717) is 24.3 Å². The molecule has 2 aliphatic carbocycles. The summed E-state index contributed by atoms with van der Waals surface area (Å²) in [5, 5.41) is 1.73. The Morgan fingerprint density at radius 3 is 2.57 bits per heavy atom. The highest BCUT2D eigenvalue weighted by atomic mass is 32.2. The van der Waals surface area contributed by atoms with Crippen LogP contribution in [-0.2, 0) is 10.1 Å².